The summed E-state index contributed by atoms with van der Waals surface area (Å²) in [6, 6.07) is 111. The van der Waals surface area contributed by atoms with Crippen LogP contribution in [-0.2, 0) is 6.42 Å². The number of thiophene rings is 4. The maximum absolute atomic E-state index is 2.45. The lowest BCUT2D eigenvalue weighted by Gasteiger charge is -2.10. The number of rotatable bonds is 5. The number of halogens is 1. The highest BCUT2D eigenvalue weighted by Crippen LogP contribution is 2.48. The molecule has 0 saturated carbocycles. The molecule has 0 unspecified atom stereocenters. The highest BCUT2D eigenvalue weighted by molar-refractivity contribution is 14.1. The Labute approximate surface area is 563 Å². The molecule has 14 aromatic carbocycles. The fraction of sp³-hybridized carbons (Fsp3) is 0.0233. The Bertz CT molecular complexity index is 5750. The van der Waals surface area contributed by atoms with Crippen molar-refractivity contribution in [3.63, 3.8) is 0 Å². The van der Waals surface area contributed by atoms with E-state index >= 15 is 0 Å². The Morgan fingerprint density at radius 2 is 0.554 bits per heavy atom. The summed E-state index contributed by atoms with van der Waals surface area (Å²) in [6.45, 7) is 0. The molecule has 1 aliphatic rings. The number of nitrogens with zero attached hydrogens (tertiary/aromatic N) is 1. The second kappa shape index (κ2) is 23.3. The van der Waals surface area contributed by atoms with E-state index in [4.69, 9.17) is 0 Å². The fourth-order valence-electron chi connectivity index (χ4n) is 14.1. The van der Waals surface area contributed by atoms with Crippen LogP contribution < -0.4 is 0 Å². The van der Waals surface area contributed by atoms with Gasteiger partial charge in [0.1, 0.15) is 0 Å². The third-order valence-corrected chi connectivity index (χ3v) is 23.9. The summed E-state index contributed by atoms with van der Waals surface area (Å²) < 4.78 is 14.6. The van der Waals surface area contributed by atoms with Crippen molar-refractivity contribution in [2.75, 3.05) is 0 Å². The standard InChI is InChI=1S/C42H25NS2.C37H22S2.C6H5I.CH4/c1-2-10-28(11-3-1)43-37-24-26(29-14-8-16-35-33-12-4-6-18-39(33)44-41(29)35)20-22-31(37)32-23-21-27(25-38(32)43)30-15-9-17-36-34-13-5-7-19-40(34)45-42(30)36;1-3-13-34-30(7-1)32-11-5-9-28(36(32)38-34)22-15-17-26-24(19-22)21-25-20-23(16-18-27(25)26)29-10-6-12-33-31-8-2-4-14-35(31)39-37(29)33;7-6-4-2-1-3-5-6;/h1-25H;1-20H,21H2;1-5H;1H4. The van der Waals surface area contributed by atoms with Gasteiger partial charge in [-0.3, -0.25) is 0 Å². The average molecular weight is 1360 g/mol. The third kappa shape index (κ3) is 9.57. The minimum absolute atomic E-state index is 0. The van der Waals surface area contributed by atoms with Crippen molar-refractivity contribution in [2.24, 2.45) is 0 Å². The van der Waals surface area contributed by atoms with Gasteiger partial charge in [-0.2, -0.15) is 0 Å². The van der Waals surface area contributed by atoms with Gasteiger partial charge in [-0.25, -0.2) is 0 Å². The SMILES string of the molecule is C.Ic1ccccc1.c1ccc(-n2c3cc(-c4cccc5c4sc4ccccc45)ccc3c3ccc(-c4cccc5c4sc4ccccc45)cc32)cc1.c1ccc2c(c1)sc1c(-c3ccc4c(c3)Cc3cc(-c5cccc6c5sc5ccccc56)ccc3-4)cccc12. The predicted molar refractivity (Wildman–Crippen MR) is 415 cm³/mol. The minimum atomic E-state index is 0. The third-order valence-electron chi connectivity index (χ3n) is 18.3. The first-order valence-corrected chi connectivity index (χ1v) is 35.1. The number of para-hydroxylation sites is 1. The summed E-state index contributed by atoms with van der Waals surface area (Å²) in [5.41, 5.74) is 19.6. The monoisotopic (exact) mass is 1360 g/mol. The lowest BCUT2D eigenvalue weighted by molar-refractivity contribution is 1.18. The first kappa shape index (κ1) is 56.5. The summed E-state index contributed by atoms with van der Waals surface area (Å²) in [6.07, 6.45) is 0.983. The van der Waals surface area contributed by atoms with Gasteiger partial charge in [-0.15, -0.1) is 45.3 Å². The van der Waals surface area contributed by atoms with Crippen molar-refractivity contribution in [2.45, 2.75) is 13.8 Å². The van der Waals surface area contributed by atoms with Gasteiger partial charge < -0.3 is 4.57 Å². The molecule has 436 valence electrons. The molecule has 0 fully saturated rings. The van der Waals surface area contributed by atoms with Crippen LogP contribution in [-0.4, -0.2) is 4.57 Å². The van der Waals surface area contributed by atoms with Crippen LogP contribution >= 0.6 is 67.9 Å². The molecule has 1 aliphatic carbocycles. The second-order valence-corrected chi connectivity index (χ2v) is 28.9. The quantitative estimate of drug-likeness (QED) is 0.151. The maximum Gasteiger partial charge on any atom is 0.0547 e. The van der Waals surface area contributed by atoms with Gasteiger partial charge in [0.05, 0.1) is 11.0 Å². The number of fused-ring (bicyclic) bond motifs is 18. The van der Waals surface area contributed by atoms with E-state index in [0.29, 0.717) is 0 Å². The van der Waals surface area contributed by atoms with Crippen molar-refractivity contribution >= 4 is 170 Å². The van der Waals surface area contributed by atoms with Crippen LogP contribution in [0.2, 0.25) is 0 Å². The Hall–Kier alpha value is -9.51. The normalized spacial score (nSPS) is 11.8. The molecular formula is C86H56INS4. The molecule has 0 N–H and O–H groups in total. The molecule has 5 aromatic heterocycles. The molecule has 0 aliphatic heterocycles. The molecule has 0 radical (unpaired) electrons. The van der Waals surface area contributed by atoms with E-state index in [2.05, 4.69) is 312 Å². The zero-order valence-electron chi connectivity index (χ0n) is 49.0. The van der Waals surface area contributed by atoms with Crippen molar-refractivity contribution < 1.29 is 0 Å². The van der Waals surface area contributed by atoms with Crippen LogP contribution in [0.15, 0.2) is 303 Å². The number of aromatic nitrogens is 1. The Morgan fingerprint density at radius 1 is 0.250 bits per heavy atom. The van der Waals surface area contributed by atoms with Gasteiger partial charge in [0.15, 0.2) is 0 Å². The molecule has 0 amide bonds. The molecule has 6 heteroatoms. The van der Waals surface area contributed by atoms with Crippen LogP contribution in [0.25, 0.3) is 164 Å². The van der Waals surface area contributed by atoms with E-state index in [1.807, 2.05) is 63.5 Å². The summed E-state index contributed by atoms with van der Waals surface area (Å²) in [7, 11) is 0. The van der Waals surface area contributed by atoms with Crippen molar-refractivity contribution in [1.82, 2.24) is 4.57 Å². The van der Waals surface area contributed by atoms with E-state index in [0.717, 1.165) is 6.42 Å². The van der Waals surface area contributed by atoms with E-state index in [1.165, 1.54) is 179 Å². The van der Waals surface area contributed by atoms with Crippen LogP contribution in [0, 0.1) is 3.57 Å². The summed E-state index contributed by atoms with van der Waals surface area (Å²) in [5.74, 6) is 0. The Balaban J connectivity index is 0.000000127. The molecule has 19 aromatic rings. The molecule has 1 nitrogen and oxygen atoms in total. The topological polar surface area (TPSA) is 4.93 Å². The molecule has 20 rings (SSSR count). The zero-order valence-corrected chi connectivity index (χ0v) is 54.5. The van der Waals surface area contributed by atoms with E-state index in [1.54, 1.807) is 0 Å². The molecule has 0 atom stereocenters. The van der Waals surface area contributed by atoms with Gasteiger partial charge in [-0.05, 0) is 156 Å². The van der Waals surface area contributed by atoms with E-state index in [-0.39, 0.29) is 7.43 Å². The first-order chi connectivity index (χ1) is 45.0. The summed E-state index contributed by atoms with van der Waals surface area (Å²) in [4.78, 5) is 0. The van der Waals surface area contributed by atoms with Crippen molar-refractivity contribution in [3.8, 4) is 61.3 Å². The molecule has 0 bridgehead atoms. The Kier molecular flexibility index (Phi) is 14.3. The van der Waals surface area contributed by atoms with Gasteiger partial charge in [-0.1, -0.05) is 250 Å². The Morgan fingerprint density at radius 3 is 0.902 bits per heavy atom. The van der Waals surface area contributed by atoms with Gasteiger partial charge in [0.25, 0.3) is 0 Å². The molecular weight excluding hydrogens is 1300 g/mol. The molecule has 0 spiro atoms. The van der Waals surface area contributed by atoms with E-state index in [9.17, 15) is 0 Å². The van der Waals surface area contributed by atoms with Crippen LogP contribution in [0.1, 0.15) is 18.6 Å². The first-order valence-electron chi connectivity index (χ1n) is 30.8. The number of benzene rings is 14. The van der Waals surface area contributed by atoms with E-state index < -0.39 is 0 Å². The van der Waals surface area contributed by atoms with Crippen LogP contribution in [0.5, 0.6) is 0 Å². The summed E-state index contributed by atoms with van der Waals surface area (Å²) >= 11 is 9.87. The average Bonchev–Trinajstić information content (AvgIpc) is 1.76. The minimum Gasteiger partial charge on any atom is -0.309 e. The van der Waals surface area contributed by atoms with Gasteiger partial charge in [0.2, 0.25) is 0 Å². The lowest BCUT2D eigenvalue weighted by atomic mass is 9.97. The highest BCUT2D eigenvalue weighted by Gasteiger charge is 2.23. The lowest BCUT2D eigenvalue weighted by Crippen LogP contribution is -1.93. The number of hydrogen-bond donors (Lipinski definition) is 0. The molecule has 0 saturated heterocycles. The molecule has 92 heavy (non-hydrogen) atoms. The highest BCUT2D eigenvalue weighted by atomic mass is 127. The summed E-state index contributed by atoms with van der Waals surface area (Å²) in [5, 5.41) is 13.3. The number of hydrogen-bond acceptors (Lipinski definition) is 4. The smallest absolute Gasteiger partial charge is 0.0547 e. The second-order valence-electron chi connectivity index (χ2n) is 23.5. The zero-order chi connectivity index (χ0) is 60.1. The largest absolute Gasteiger partial charge is 0.309 e. The van der Waals surface area contributed by atoms with Crippen LogP contribution in [0.4, 0.5) is 0 Å². The van der Waals surface area contributed by atoms with Gasteiger partial charge >= 0.3 is 0 Å². The molecule has 5 heterocycles. The fourth-order valence-corrected chi connectivity index (χ4v) is 19.4. The van der Waals surface area contributed by atoms with Gasteiger partial charge in [0, 0.05) is 101 Å². The maximum atomic E-state index is 2.45. The van der Waals surface area contributed by atoms with Crippen molar-refractivity contribution in [3.05, 3.63) is 318 Å². The van der Waals surface area contributed by atoms with Crippen LogP contribution in [0.3, 0.4) is 0 Å². The predicted octanol–water partition coefficient (Wildman–Crippen LogP) is 27.1. The van der Waals surface area contributed by atoms with Crippen molar-refractivity contribution in [1.29, 1.82) is 0 Å².